The van der Waals surface area contributed by atoms with Crippen LogP contribution in [0.3, 0.4) is 0 Å². The zero-order valence-corrected chi connectivity index (χ0v) is 6.76. The van der Waals surface area contributed by atoms with Crippen molar-refractivity contribution in [1.29, 1.82) is 0 Å². The first-order valence-corrected chi connectivity index (χ1v) is 3.37. The predicted molar refractivity (Wildman–Crippen MR) is 42.7 cm³/mol. The summed E-state index contributed by atoms with van der Waals surface area (Å²) < 4.78 is 0. The molecule has 0 aliphatic rings. The number of hydrogen-bond acceptors (Lipinski definition) is 3. The third-order valence-electron chi connectivity index (χ3n) is 0.964. The highest BCUT2D eigenvalue weighted by atomic mass is 16.6. The maximum absolute atomic E-state index is 4.94. The van der Waals surface area contributed by atoms with Crippen LogP contribution in [0.2, 0.25) is 0 Å². The fourth-order valence-electron chi connectivity index (χ4n) is 0.459. The largest absolute Gasteiger partial charge is 0.308 e. The number of nitrogens with zero attached hydrogens (tertiary/aromatic N) is 1. The monoisotopic (exact) mass is 144 g/mol. The van der Waals surface area contributed by atoms with E-state index >= 15 is 0 Å². The van der Waals surface area contributed by atoms with Crippen LogP contribution in [0, 0.1) is 0 Å². The van der Waals surface area contributed by atoms with Crippen molar-refractivity contribution in [3.8, 4) is 0 Å². The zero-order valence-electron chi connectivity index (χ0n) is 6.76. The van der Waals surface area contributed by atoms with Gasteiger partial charge in [-0.05, 0) is 14.1 Å². The van der Waals surface area contributed by atoms with Crippen molar-refractivity contribution in [2.45, 2.75) is 0 Å². The first-order chi connectivity index (χ1) is 4.77. The van der Waals surface area contributed by atoms with Crippen molar-refractivity contribution in [2.75, 3.05) is 33.8 Å². The Hall–Kier alpha value is -0.380. The van der Waals surface area contributed by atoms with Gasteiger partial charge in [0.05, 0.1) is 6.61 Å². The van der Waals surface area contributed by atoms with Crippen LogP contribution in [-0.4, -0.2) is 38.7 Å². The maximum atomic E-state index is 4.94. The maximum Gasteiger partial charge on any atom is 0.0861 e. The van der Waals surface area contributed by atoms with Gasteiger partial charge in [-0.2, -0.15) is 0 Å². The minimum absolute atomic E-state index is 0.563. The highest BCUT2D eigenvalue weighted by Gasteiger charge is 1.87. The molecule has 0 aromatic carbocycles. The molecule has 0 atom stereocenters. The highest BCUT2D eigenvalue weighted by molar-refractivity contribution is 4.62. The van der Waals surface area contributed by atoms with Crippen LogP contribution in [0.25, 0.3) is 0 Å². The lowest BCUT2D eigenvalue weighted by Crippen LogP contribution is -2.26. The number of rotatable bonds is 6. The molecule has 3 heteroatoms. The molecule has 0 fully saturated rings. The van der Waals surface area contributed by atoms with Gasteiger partial charge >= 0.3 is 0 Å². The topological polar surface area (TPSA) is 24.5 Å². The second-order valence-electron chi connectivity index (χ2n) is 2.30. The molecule has 1 N–H and O–H groups in total. The van der Waals surface area contributed by atoms with Crippen molar-refractivity contribution >= 4 is 0 Å². The third-order valence-corrected chi connectivity index (χ3v) is 0.964. The molecular weight excluding hydrogens is 128 g/mol. The summed E-state index contributed by atoms with van der Waals surface area (Å²) in [7, 11) is 4.05. The molecule has 0 aromatic rings. The van der Waals surface area contributed by atoms with Crippen molar-refractivity contribution in [3.63, 3.8) is 0 Å². The molecule has 0 rings (SSSR count). The molecule has 0 saturated carbocycles. The summed E-state index contributed by atoms with van der Waals surface area (Å²) in [5, 5.41) is 0. The Kier molecular flexibility index (Phi) is 6.48. The number of hydroxylamine groups is 1. The minimum atomic E-state index is 0.563. The van der Waals surface area contributed by atoms with Crippen LogP contribution in [-0.2, 0) is 4.84 Å². The van der Waals surface area contributed by atoms with Gasteiger partial charge in [-0.3, -0.25) is 4.84 Å². The van der Waals surface area contributed by atoms with Crippen LogP contribution in [0.5, 0.6) is 0 Å². The fraction of sp³-hybridized carbons (Fsp3) is 0.714. The van der Waals surface area contributed by atoms with Crippen LogP contribution >= 0.6 is 0 Å². The Morgan fingerprint density at radius 1 is 1.60 bits per heavy atom. The van der Waals surface area contributed by atoms with Gasteiger partial charge in [-0.1, -0.05) is 6.08 Å². The Morgan fingerprint density at radius 2 is 2.30 bits per heavy atom. The normalized spacial score (nSPS) is 10.3. The van der Waals surface area contributed by atoms with E-state index in [9.17, 15) is 0 Å². The van der Waals surface area contributed by atoms with Gasteiger partial charge < -0.3 is 4.90 Å². The van der Waals surface area contributed by atoms with E-state index < -0.39 is 0 Å². The first-order valence-electron chi connectivity index (χ1n) is 3.37. The SMILES string of the molecule is C=CCONCCN(C)C. The Labute approximate surface area is 62.6 Å². The lowest BCUT2D eigenvalue weighted by molar-refractivity contribution is 0.0588. The van der Waals surface area contributed by atoms with Gasteiger partial charge in [0.15, 0.2) is 0 Å². The van der Waals surface area contributed by atoms with Gasteiger partial charge in [0.2, 0.25) is 0 Å². The molecule has 0 saturated heterocycles. The van der Waals surface area contributed by atoms with E-state index in [0.717, 1.165) is 13.1 Å². The highest BCUT2D eigenvalue weighted by Crippen LogP contribution is 1.71. The molecule has 0 radical (unpaired) electrons. The van der Waals surface area contributed by atoms with Crippen LogP contribution < -0.4 is 5.48 Å². The van der Waals surface area contributed by atoms with E-state index in [1.165, 1.54) is 0 Å². The summed E-state index contributed by atoms with van der Waals surface area (Å²) in [6, 6.07) is 0. The van der Waals surface area contributed by atoms with E-state index in [1.54, 1.807) is 6.08 Å². The molecule has 0 aromatic heterocycles. The molecule has 0 heterocycles. The van der Waals surface area contributed by atoms with Crippen molar-refractivity contribution in [2.24, 2.45) is 0 Å². The quantitative estimate of drug-likeness (QED) is 0.329. The summed E-state index contributed by atoms with van der Waals surface area (Å²) in [6.07, 6.45) is 1.71. The smallest absolute Gasteiger partial charge is 0.0861 e. The van der Waals surface area contributed by atoms with Gasteiger partial charge in [-0.25, -0.2) is 5.48 Å². The van der Waals surface area contributed by atoms with E-state index in [4.69, 9.17) is 4.84 Å². The first kappa shape index (κ1) is 9.62. The Morgan fingerprint density at radius 3 is 2.80 bits per heavy atom. The third kappa shape index (κ3) is 7.62. The van der Waals surface area contributed by atoms with Crippen molar-refractivity contribution in [3.05, 3.63) is 12.7 Å². The van der Waals surface area contributed by atoms with E-state index in [1.807, 2.05) is 14.1 Å². The summed E-state index contributed by atoms with van der Waals surface area (Å²) in [5.41, 5.74) is 2.80. The molecule has 10 heavy (non-hydrogen) atoms. The summed E-state index contributed by atoms with van der Waals surface area (Å²) in [6.45, 7) is 5.91. The average Bonchev–Trinajstić information content (AvgIpc) is 1.87. The van der Waals surface area contributed by atoms with E-state index in [-0.39, 0.29) is 0 Å². The van der Waals surface area contributed by atoms with Crippen molar-refractivity contribution < 1.29 is 4.84 Å². The van der Waals surface area contributed by atoms with Crippen molar-refractivity contribution in [1.82, 2.24) is 10.4 Å². The predicted octanol–water partition coefficient (Wildman–Crippen LogP) is 0.255. The molecule has 0 unspecified atom stereocenters. The van der Waals surface area contributed by atoms with Crippen LogP contribution in [0.15, 0.2) is 12.7 Å². The Balaban J connectivity index is 2.83. The minimum Gasteiger partial charge on any atom is -0.308 e. The number of nitrogens with one attached hydrogen (secondary N) is 1. The second kappa shape index (κ2) is 6.74. The summed E-state index contributed by atoms with van der Waals surface area (Å²) in [4.78, 5) is 7.03. The zero-order chi connectivity index (χ0) is 7.82. The van der Waals surface area contributed by atoms with Gasteiger partial charge in [0.25, 0.3) is 0 Å². The lowest BCUT2D eigenvalue weighted by atomic mass is 10.6. The fourth-order valence-corrected chi connectivity index (χ4v) is 0.459. The molecule has 0 aliphatic heterocycles. The average molecular weight is 144 g/mol. The van der Waals surface area contributed by atoms with E-state index in [0.29, 0.717) is 6.61 Å². The van der Waals surface area contributed by atoms with Crippen LogP contribution in [0.4, 0.5) is 0 Å². The van der Waals surface area contributed by atoms with E-state index in [2.05, 4.69) is 17.0 Å². The van der Waals surface area contributed by atoms with Crippen LogP contribution in [0.1, 0.15) is 0 Å². The van der Waals surface area contributed by atoms with Gasteiger partial charge in [-0.15, -0.1) is 6.58 Å². The molecule has 3 nitrogen and oxygen atoms in total. The van der Waals surface area contributed by atoms with Gasteiger partial charge in [0, 0.05) is 13.1 Å². The molecule has 60 valence electrons. The standard InChI is InChI=1S/C7H16N2O/c1-4-7-10-8-5-6-9(2)3/h4,8H,1,5-7H2,2-3H3. The summed E-state index contributed by atoms with van der Waals surface area (Å²) >= 11 is 0. The lowest BCUT2D eigenvalue weighted by Gasteiger charge is -2.09. The van der Waals surface area contributed by atoms with Gasteiger partial charge in [0.1, 0.15) is 0 Å². The molecule has 0 amide bonds. The second-order valence-corrected chi connectivity index (χ2v) is 2.30. The number of hydrogen-bond donors (Lipinski definition) is 1. The molecular formula is C7H16N2O. The molecule has 0 spiro atoms. The summed E-state index contributed by atoms with van der Waals surface area (Å²) in [5.74, 6) is 0. The Bertz CT molecular complexity index is 83.7. The molecule has 0 bridgehead atoms. The molecule has 0 aliphatic carbocycles. The number of likely N-dealkylation sites (N-methyl/N-ethyl adjacent to an activating group) is 1.